The maximum absolute atomic E-state index is 2.52. The molecule has 3 aliphatic rings. The van der Waals surface area contributed by atoms with Crippen LogP contribution in [0.2, 0.25) is 0 Å². The summed E-state index contributed by atoms with van der Waals surface area (Å²) in [6, 6.07) is 70.1. The van der Waals surface area contributed by atoms with E-state index in [1.165, 1.54) is 83.5 Å². The Morgan fingerprint density at radius 1 is 0.347 bits per heavy atom. The highest BCUT2D eigenvalue weighted by Crippen LogP contribution is 2.73. The van der Waals surface area contributed by atoms with Gasteiger partial charge in [-0.1, -0.05) is 170 Å². The van der Waals surface area contributed by atoms with Crippen LogP contribution in [0.15, 0.2) is 188 Å². The summed E-state index contributed by atoms with van der Waals surface area (Å²) < 4.78 is 2.52. The molecule has 8 aromatic rings. The molecule has 0 amide bonds. The lowest BCUT2D eigenvalue weighted by Crippen LogP contribution is -2.29. The molecule has 1 heteroatoms. The second kappa shape index (κ2) is 9.69. The number of para-hydroxylation sites is 2. The van der Waals surface area contributed by atoms with Crippen molar-refractivity contribution >= 4 is 22.0 Å². The molecule has 0 bridgehead atoms. The van der Waals surface area contributed by atoms with Crippen molar-refractivity contribution < 1.29 is 0 Å². The molecular weight excluding hydrogens is 591 g/mol. The second-order valence-electron chi connectivity index (χ2n) is 13.5. The summed E-state index contributed by atoms with van der Waals surface area (Å²) in [6.07, 6.45) is 0. The van der Waals surface area contributed by atoms with Crippen LogP contribution >= 0.6 is 0 Å². The Kier molecular flexibility index (Phi) is 5.31. The van der Waals surface area contributed by atoms with Crippen LogP contribution in [0.5, 0.6) is 0 Å². The van der Waals surface area contributed by atoms with Gasteiger partial charge < -0.3 is 4.57 Å². The van der Waals surface area contributed by atoms with Gasteiger partial charge in [0.05, 0.1) is 22.0 Å². The minimum Gasteiger partial charge on any atom is -0.309 e. The molecule has 0 saturated heterocycles. The fraction of sp³-hybridized carbons (Fsp3) is 0.0417. The summed E-state index contributed by atoms with van der Waals surface area (Å²) in [4.78, 5) is 0. The Labute approximate surface area is 286 Å². The van der Waals surface area contributed by atoms with Crippen molar-refractivity contribution in [3.8, 4) is 16.9 Å². The largest absolute Gasteiger partial charge is 0.309 e. The van der Waals surface area contributed by atoms with Gasteiger partial charge >= 0.3 is 0 Å². The molecule has 1 heterocycles. The minimum atomic E-state index is -0.515. The Balaban J connectivity index is 1.40. The standard InChI is InChI=1S/C48H31N/c1-4-18-32(19-5-1)47(33-20-6-2-7-21-33)39-28-14-10-24-35(39)44-43(47)36-25-11-15-29-40(36)48(44)41-30-16-12-26-37(41)46-45(48)38-27-13-17-31-42(38)49(46)34-22-8-3-9-23-34/h1-31H/t48-/m0/s1. The maximum atomic E-state index is 2.52. The van der Waals surface area contributed by atoms with Crippen molar-refractivity contribution in [1.29, 1.82) is 0 Å². The lowest BCUT2D eigenvalue weighted by atomic mass is 9.65. The molecule has 0 fully saturated rings. The normalized spacial score (nSPS) is 17.6. The highest BCUT2D eigenvalue weighted by molar-refractivity contribution is 6.19. The molecule has 228 valence electrons. The third-order valence-electron chi connectivity index (χ3n) is 11.5. The first-order valence-corrected chi connectivity index (χ1v) is 17.2. The topological polar surface area (TPSA) is 4.93 Å². The molecule has 0 radical (unpaired) electrons. The molecule has 0 unspecified atom stereocenters. The van der Waals surface area contributed by atoms with Gasteiger partial charge in [0.1, 0.15) is 0 Å². The fourth-order valence-electron chi connectivity index (χ4n) is 9.93. The molecule has 1 nitrogen and oxygen atoms in total. The van der Waals surface area contributed by atoms with Gasteiger partial charge in [0.25, 0.3) is 0 Å². The molecule has 11 rings (SSSR count). The molecule has 1 aromatic heterocycles. The van der Waals surface area contributed by atoms with Crippen molar-refractivity contribution in [2.45, 2.75) is 10.8 Å². The van der Waals surface area contributed by atoms with Crippen LogP contribution in [0.1, 0.15) is 44.5 Å². The van der Waals surface area contributed by atoms with Crippen LogP contribution in [0.25, 0.3) is 39.0 Å². The van der Waals surface area contributed by atoms with E-state index in [4.69, 9.17) is 0 Å². The average Bonchev–Trinajstić information content (AvgIpc) is 3.87. The van der Waals surface area contributed by atoms with E-state index in [1.807, 2.05) is 0 Å². The molecule has 1 spiro atoms. The van der Waals surface area contributed by atoms with Gasteiger partial charge in [-0.05, 0) is 68.3 Å². The number of hydrogen-bond acceptors (Lipinski definition) is 0. The molecule has 7 aromatic carbocycles. The smallest absolute Gasteiger partial charge is 0.0750 e. The first-order chi connectivity index (χ1) is 24.4. The van der Waals surface area contributed by atoms with Gasteiger partial charge in [0.15, 0.2) is 0 Å². The summed E-state index contributed by atoms with van der Waals surface area (Å²) in [5, 5.41) is 1.30. The van der Waals surface area contributed by atoms with Gasteiger partial charge in [-0.15, -0.1) is 0 Å². The van der Waals surface area contributed by atoms with E-state index in [1.54, 1.807) is 0 Å². The lowest BCUT2D eigenvalue weighted by molar-refractivity contribution is 0.809. The number of rotatable bonds is 3. The fourth-order valence-corrected chi connectivity index (χ4v) is 9.93. The number of allylic oxidation sites excluding steroid dienone is 2. The van der Waals surface area contributed by atoms with Crippen molar-refractivity contribution in [3.05, 3.63) is 233 Å². The molecule has 49 heavy (non-hydrogen) atoms. The van der Waals surface area contributed by atoms with Gasteiger partial charge in [-0.25, -0.2) is 0 Å². The van der Waals surface area contributed by atoms with E-state index in [9.17, 15) is 0 Å². The van der Waals surface area contributed by atoms with Gasteiger partial charge in [-0.3, -0.25) is 0 Å². The van der Waals surface area contributed by atoms with E-state index in [2.05, 4.69) is 193 Å². The molecule has 0 N–H and O–H groups in total. The molecule has 0 aliphatic heterocycles. The predicted octanol–water partition coefficient (Wildman–Crippen LogP) is 11.2. The van der Waals surface area contributed by atoms with Crippen molar-refractivity contribution in [3.63, 3.8) is 0 Å². The quantitative estimate of drug-likeness (QED) is 0.185. The van der Waals surface area contributed by atoms with E-state index in [-0.39, 0.29) is 0 Å². The van der Waals surface area contributed by atoms with E-state index in [0.717, 1.165) is 0 Å². The number of fused-ring (bicyclic) bond motifs is 13. The average molecular weight is 622 g/mol. The minimum absolute atomic E-state index is 0.496. The number of benzene rings is 7. The van der Waals surface area contributed by atoms with Crippen molar-refractivity contribution in [2.75, 3.05) is 0 Å². The number of aromatic nitrogens is 1. The van der Waals surface area contributed by atoms with Gasteiger partial charge in [0, 0.05) is 22.2 Å². The third-order valence-corrected chi connectivity index (χ3v) is 11.5. The van der Waals surface area contributed by atoms with E-state index >= 15 is 0 Å². The zero-order valence-electron chi connectivity index (χ0n) is 26.8. The Morgan fingerprint density at radius 3 is 1.39 bits per heavy atom. The van der Waals surface area contributed by atoms with Crippen LogP contribution < -0.4 is 0 Å². The van der Waals surface area contributed by atoms with Gasteiger partial charge in [-0.2, -0.15) is 0 Å². The zero-order valence-corrected chi connectivity index (χ0v) is 26.8. The zero-order chi connectivity index (χ0) is 32.2. The second-order valence-corrected chi connectivity index (χ2v) is 13.5. The molecular formula is C48H31N. The molecule has 3 aliphatic carbocycles. The van der Waals surface area contributed by atoms with E-state index in [0.29, 0.717) is 0 Å². The first-order valence-electron chi connectivity index (χ1n) is 17.2. The van der Waals surface area contributed by atoms with Crippen molar-refractivity contribution in [1.82, 2.24) is 4.57 Å². The lowest BCUT2D eigenvalue weighted by Gasteiger charge is -2.36. The maximum Gasteiger partial charge on any atom is 0.0750 e. The Morgan fingerprint density at radius 2 is 0.776 bits per heavy atom. The molecule has 1 atom stereocenters. The first kappa shape index (κ1) is 26.8. The SMILES string of the molecule is c1ccc(-n2c3c(c4ccccc42)[C@]2(C4=C(c5ccccc52)C(c2ccccc2)(c2ccccc2)c2ccccc24)c2ccccc2-3)cc1. The predicted molar refractivity (Wildman–Crippen MR) is 201 cm³/mol. The summed E-state index contributed by atoms with van der Waals surface area (Å²) in [5.41, 5.74) is 17.5. The van der Waals surface area contributed by atoms with E-state index < -0.39 is 10.8 Å². The summed E-state index contributed by atoms with van der Waals surface area (Å²) >= 11 is 0. The Hall–Kier alpha value is -6.18. The number of hydrogen-bond donors (Lipinski definition) is 0. The van der Waals surface area contributed by atoms with Crippen LogP contribution in [0, 0.1) is 0 Å². The van der Waals surface area contributed by atoms with Crippen molar-refractivity contribution in [2.24, 2.45) is 0 Å². The monoisotopic (exact) mass is 621 g/mol. The van der Waals surface area contributed by atoms with Crippen LogP contribution in [0.4, 0.5) is 0 Å². The van der Waals surface area contributed by atoms with Crippen LogP contribution in [-0.2, 0) is 10.8 Å². The summed E-state index contributed by atoms with van der Waals surface area (Å²) in [7, 11) is 0. The van der Waals surface area contributed by atoms with Gasteiger partial charge in [0.2, 0.25) is 0 Å². The molecule has 0 saturated carbocycles. The van der Waals surface area contributed by atoms with Crippen LogP contribution in [0.3, 0.4) is 0 Å². The third kappa shape index (κ3) is 3.12. The van der Waals surface area contributed by atoms with Crippen LogP contribution in [-0.4, -0.2) is 4.57 Å². The number of nitrogens with zero attached hydrogens (tertiary/aromatic N) is 1. The highest BCUT2D eigenvalue weighted by Gasteiger charge is 2.62. The summed E-state index contributed by atoms with van der Waals surface area (Å²) in [6.45, 7) is 0. The Bertz CT molecular complexity index is 2600. The summed E-state index contributed by atoms with van der Waals surface area (Å²) in [5.74, 6) is 0. The highest BCUT2D eigenvalue weighted by atomic mass is 15.0.